The third-order valence-corrected chi connectivity index (χ3v) is 5.23. The molecule has 2 N–H and O–H groups in total. The van der Waals surface area contributed by atoms with Gasteiger partial charge >= 0.3 is 6.03 Å². The van der Waals surface area contributed by atoms with Crippen LogP contribution in [0.15, 0.2) is 30.3 Å². The zero-order valence-corrected chi connectivity index (χ0v) is 15.6. The van der Waals surface area contributed by atoms with E-state index >= 15 is 0 Å². The van der Waals surface area contributed by atoms with Crippen molar-refractivity contribution in [2.45, 2.75) is 19.5 Å². The quantitative estimate of drug-likeness (QED) is 0.636. The summed E-state index contributed by atoms with van der Waals surface area (Å²) in [6.07, 6.45) is 0.736. The molecule has 1 fully saturated rings. The number of hydrogen-bond acceptors (Lipinski definition) is 5. The highest BCUT2D eigenvalue weighted by molar-refractivity contribution is 6.04. The largest absolute Gasteiger partial charge is 0.337 e. The van der Waals surface area contributed by atoms with Crippen molar-refractivity contribution < 1.29 is 14.4 Å². The highest BCUT2D eigenvalue weighted by Crippen LogP contribution is 2.22. The maximum atomic E-state index is 12.7. The smallest absolute Gasteiger partial charge is 0.325 e. The van der Waals surface area contributed by atoms with Crippen LogP contribution >= 0.6 is 0 Å². The number of hydrogen-bond donors (Lipinski definition) is 2. The van der Waals surface area contributed by atoms with Gasteiger partial charge in [-0.25, -0.2) is 9.78 Å². The molecule has 2 aromatic heterocycles. The number of carbonyl (C=O) groups excluding carboxylic acids is 3. The van der Waals surface area contributed by atoms with E-state index in [2.05, 4.69) is 20.4 Å². The molecular weight excluding hydrogens is 374 g/mol. The molecule has 0 unspecified atom stereocenters. The van der Waals surface area contributed by atoms with Crippen molar-refractivity contribution in [3.63, 3.8) is 0 Å². The molecule has 2 aliphatic heterocycles. The first kappa shape index (κ1) is 17.4. The number of imide groups is 1. The van der Waals surface area contributed by atoms with E-state index in [9.17, 15) is 14.4 Å². The molecule has 0 aliphatic carbocycles. The third kappa shape index (κ3) is 3.12. The van der Waals surface area contributed by atoms with E-state index in [1.54, 1.807) is 4.90 Å². The van der Waals surface area contributed by atoms with Gasteiger partial charge in [-0.15, -0.1) is 0 Å². The fourth-order valence-corrected chi connectivity index (χ4v) is 3.72. The molecule has 29 heavy (non-hydrogen) atoms. The number of rotatable bonds is 3. The molecule has 0 atom stereocenters. The molecule has 1 aromatic carbocycles. The zero-order chi connectivity index (χ0) is 20.0. The topological polar surface area (TPSA) is 116 Å². The summed E-state index contributed by atoms with van der Waals surface area (Å²) in [6, 6.07) is 9.19. The minimum Gasteiger partial charge on any atom is -0.337 e. The fourth-order valence-electron chi connectivity index (χ4n) is 3.72. The predicted molar refractivity (Wildman–Crippen MR) is 102 cm³/mol. The molecule has 3 aromatic rings. The molecule has 1 saturated heterocycles. The van der Waals surface area contributed by atoms with E-state index in [4.69, 9.17) is 0 Å². The normalized spacial score (nSPS) is 16.8. The van der Waals surface area contributed by atoms with Gasteiger partial charge < -0.3 is 15.2 Å². The highest BCUT2D eigenvalue weighted by atomic mass is 16.2. The molecule has 0 bridgehead atoms. The predicted octanol–water partition coefficient (Wildman–Crippen LogP) is 0.710. The van der Waals surface area contributed by atoms with Crippen LogP contribution < -0.4 is 5.32 Å². The van der Waals surface area contributed by atoms with Crippen molar-refractivity contribution >= 4 is 28.9 Å². The van der Waals surface area contributed by atoms with Gasteiger partial charge in [0.1, 0.15) is 12.2 Å². The van der Waals surface area contributed by atoms with E-state index < -0.39 is 6.03 Å². The summed E-state index contributed by atoms with van der Waals surface area (Å²) in [5.41, 5.74) is 3.43. The molecule has 0 saturated carbocycles. The second-order valence-electron chi connectivity index (χ2n) is 7.15. The molecule has 5 rings (SSSR count). The Labute approximate surface area is 165 Å². The minimum atomic E-state index is -0.518. The van der Waals surface area contributed by atoms with Crippen molar-refractivity contribution in [2.24, 2.45) is 0 Å². The maximum absolute atomic E-state index is 12.7. The van der Waals surface area contributed by atoms with Crippen LogP contribution in [0.25, 0.3) is 22.6 Å². The number of para-hydroxylation sites is 2. The first-order valence-electron chi connectivity index (χ1n) is 9.46. The summed E-state index contributed by atoms with van der Waals surface area (Å²) in [6.45, 7) is 1.30. The van der Waals surface area contributed by atoms with Crippen molar-refractivity contribution in [1.29, 1.82) is 0 Å². The van der Waals surface area contributed by atoms with Crippen LogP contribution in [-0.2, 0) is 22.7 Å². The second kappa shape index (κ2) is 6.73. The van der Waals surface area contributed by atoms with Crippen molar-refractivity contribution in [3.05, 3.63) is 36.0 Å². The van der Waals surface area contributed by atoms with Gasteiger partial charge in [0.05, 0.1) is 29.8 Å². The van der Waals surface area contributed by atoms with Gasteiger partial charge in [-0.3, -0.25) is 19.2 Å². The Hall–Kier alpha value is -3.69. The highest BCUT2D eigenvalue weighted by Gasteiger charge is 2.32. The first-order valence-corrected chi connectivity index (χ1v) is 9.46. The molecule has 4 heterocycles. The number of amides is 4. The summed E-state index contributed by atoms with van der Waals surface area (Å²) in [7, 11) is 0. The van der Waals surface area contributed by atoms with E-state index in [-0.39, 0.29) is 24.9 Å². The number of nitrogens with one attached hydrogen (secondary N) is 2. The number of fused-ring (bicyclic) bond motifs is 2. The Morgan fingerprint density at radius 2 is 2.03 bits per heavy atom. The Morgan fingerprint density at radius 3 is 2.83 bits per heavy atom. The van der Waals surface area contributed by atoms with Gasteiger partial charge in [0, 0.05) is 13.1 Å². The van der Waals surface area contributed by atoms with Crippen molar-refractivity contribution in [2.75, 3.05) is 19.6 Å². The lowest BCUT2D eigenvalue weighted by Gasteiger charge is -2.22. The molecule has 2 aliphatic rings. The van der Waals surface area contributed by atoms with Crippen LogP contribution in [-0.4, -0.2) is 67.0 Å². The molecule has 0 spiro atoms. The van der Waals surface area contributed by atoms with Crippen molar-refractivity contribution in [1.82, 2.24) is 34.9 Å². The zero-order valence-electron chi connectivity index (χ0n) is 15.6. The lowest BCUT2D eigenvalue weighted by molar-refractivity contribution is -0.136. The number of aryl methyl sites for hydroxylation is 1. The minimum absolute atomic E-state index is 0.0558. The Balaban J connectivity index is 1.36. The van der Waals surface area contributed by atoms with E-state index in [1.807, 2.05) is 35.0 Å². The third-order valence-electron chi connectivity index (χ3n) is 5.23. The van der Waals surface area contributed by atoms with Crippen LogP contribution in [0, 0.1) is 0 Å². The molecule has 0 radical (unpaired) electrons. The Morgan fingerprint density at radius 1 is 1.17 bits per heavy atom. The van der Waals surface area contributed by atoms with Crippen LogP contribution in [0.2, 0.25) is 0 Å². The molecular formula is C19H19N7O3. The lowest BCUT2D eigenvalue weighted by Crippen LogP contribution is -2.42. The van der Waals surface area contributed by atoms with Gasteiger partial charge in [0.15, 0.2) is 5.82 Å². The average Bonchev–Trinajstić information content (AvgIpc) is 3.37. The van der Waals surface area contributed by atoms with Crippen LogP contribution in [0.1, 0.15) is 12.1 Å². The number of nitrogens with zero attached hydrogens (tertiary/aromatic N) is 5. The number of aromatic amines is 1. The molecule has 4 amide bonds. The van der Waals surface area contributed by atoms with Gasteiger partial charge in [0.2, 0.25) is 5.91 Å². The van der Waals surface area contributed by atoms with Crippen LogP contribution in [0.3, 0.4) is 0 Å². The van der Waals surface area contributed by atoms with Crippen LogP contribution in [0.5, 0.6) is 0 Å². The van der Waals surface area contributed by atoms with Gasteiger partial charge in [-0.1, -0.05) is 12.1 Å². The van der Waals surface area contributed by atoms with E-state index in [0.29, 0.717) is 25.5 Å². The Kier molecular flexibility index (Phi) is 4.04. The molecule has 10 nitrogen and oxygen atoms in total. The van der Waals surface area contributed by atoms with Gasteiger partial charge in [-0.2, -0.15) is 5.10 Å². The number of benzene rings is 1. The lowest BCUT2D eigenvalue weighted by atomic mass is 10.3. The van der Waals surface area contributed by atoms with E-state index in [1.165, 1.54) is 0 Å². The average molecular weight is 393 g/mol. The summed E-state index contributed by atoms with van der Waals surface area (Å²) in [5.74, 6) is 0.0507. The van der Waals surface area contributed by atoms with Gasteiger partial charge in [-0.05, 0) is 24.6 Å². The molecule has 10 heteroatoms. The van der Waals surface area contributed by atoms with Crippen LogP contribution in [0.4, 0.5) is 4.79 Å². The second-order valence-corrected chi connectivity index (χ2v) is 7.15. The maximum Gasteiger partial charge on any atom is 0.325 e. The SMILES string of the molecule is O=C(CN1C(=O)CNC1=O)N1CCCn2nc(-c3nc4ccccc4[nH]3)cc2C1. The molecule has 148 valence electrons. The monoisotopic (exact) mass is 393 g/mol. The fraction of sp³-hybridized carbons (Fsp3) is 0.316. The Bertz CT molecular complexity index is 1080. The summed E-state index contributed by atoms with van der Waals surface area (Å²) in [4.78, 5) is 46.7. The van der Waals surface area contributed by atoms with E-state index in [0.717, 1.165) is 33.7 Å². The number of carbonyl (C=O) groups is 3. The standard InChI is InChI=1S/C19H19N7O3/c27-16-9-20-19(29)25(16)11-17(28)24-6-3-7-26-12(10-24)8-15(23-26)18-21-13-4-1-2-5-14(13)22-18/h1-2,4-5,8H,3,6-7,9-11H2,(H,20,29)(H,21,22). The first-order chi connectivity index (χ1) is 14.1. The number of urea groups is 1. The summed E-state index contributed by atoms with van der Waals surface area (Å²) in [5, 5.41) is 7.08. The summed E-state index contributed by atoms with van der Waals surface area (Å²) >= 11 is 0. The number of imidazole rings is 1. The number of H-pyrrole nitrogens is 1. The van der Waals surface area contributed by atoms with Crippen molar-refractivity contribution in [3.8, 4) is 11.5 Å². The number of aromatic nitrogens is 4. The van der Waals surface area contributed by atoms with Gasteiger partial charge in [0.25, 0.3) is 5.91 Å². The summed E-state index contributed by atoms with van der Waals surface area (Å²) < 4.78 is 1.89.